The predicted molar refractivity (Wildman–Crippen MR) is 51.8 cm³/mol. The minimum atomic E-state index is -0.868. The Morgan fingerprint density at radius 3 is 2.79 bits per heavy atom. The summed E-state index contributed by atoms with van der Waals surface area (Å²) in [6, 6.07) is 0. The normalized spacial score (nSPS) is 12.8. The van der Waals surface area contributed by atoms with Crippen LogP contribution < -0.4 is 5.73 Å². The summed E-state index contributed by atoms with van der Waals surface area (Å²) in [6.07, 6.45) is 0. The molecule has 0 saturated heterocycles. The lowest BCUT2D eigenvalue weighted by Crippen LogP contribution is -2.13. The van der Waals surface area contributed by atoms with Gasteiger partial charge < -0.3 is 15.4 Å². The van der Waals surface area contributed by atoms with Crippen LogP contribution in [0.1, 0.15) is 12.7 Å². The fourth-order valence-corrected chi connectivity index (χ4v) is 1.60. The molecule has 1 unspecified atom stereocenters. The van der Waals surface area contributed by atoms with Crippen LogP contribution in [-0.4, -0.2) is 31.1 Å². The number of carbonyl (C=O) groups is 1. The molecule has 6 nitrogen and oxygen atoms in total. The molecule has 1 aromatic heterocycles. The molecule has 1 atom stereocenters. The van der Waals surface area contributed by atoms with Crippen LogP contribution in [0.5, 0.6) is 0 Å². The van der Waals surface area contributed by atoms with Gasteiger partial charge in [-0.3, -0.25) is 4.79 Å². The van der Waals surface area contributed by atoms with Crippen LogP contribution in [0.15, 0.2) is 5.16 Å². The Hall–Kier alpha value is -1.08. The van der Waals surface area contributed by atoms with Gasteiger partial charge in [0, 0.05) is 7.05 Å². The van der Waals surface area contributed by atoms with Gasteiger partial charge in [0.1, 0.15) is 11.1 Å². The van der Waals surface area contributed by atoms with Crippen LogP contribution in [0.4, 0.5) is 0 Å². The van der Waals surface area contributed by atoms with Gasteiger partial charge in [0.15, 0.2) is 5.16 Å². The first-order chi connectivity index (χ1) is 6.56. The summed E-state index contributed by atoms with van der Waals surface area (Å²) < 4.78 is 1.70. The van der Waals surface area contributed by atoms with E-state index >= 15 is 0 Å². The van der Waals surface area contributed by atoms with Gasteiger partial charge in [0.25, 0.3) is 0 Å². The number of carboxylic acids is 1. The molecule has 7 heteroatoms. The van der Waals surface area contributed by atoms with Gasteiger partial charge in [-0.25, -0.2) is 0 Å². The van der Waals surface area contributed by atoms with Crippen molar-refractivity contribution in [3.8, 4) is 0 Å². The molecule has 3 N–H and O–H groups in total. The van der Waals surface area contributed by atoms with Crippen LogP contribution in [0.25, 0.3) is 0 Å². The second kappa shape index (κ2) is 4.43. The molecule has 1 rings (SSSR count). The number of aromatic nitrogens is 3. The fraction of sp³-hybridized carbons (Fsp3) is 0.571. The van der Waals surface area contributed by atoms with Crippen molar-refractivity contribution in [2.24, 2.45) is 12.8 Å². The summed E-state index contributed by atoms with van der Waals surface area (Å²) in [5.74, 6) is -0.225. The van der Waals surface area contributed by atoms with Gasteiger partial charge in [-0.05, 0) is 6.92 Å². The van der Waals surface area contributed by atoms with Gasteiger partial charge in [0.2, 0.25) is 0 Å². The molecule has 1 heterocycles. The summed E-state index contributed by atoms with van der Waals surface area (Å²) in [4.78, 5) is 10.6. The molecule has 14 heavy (non-hydrogen) atoms. The molecule has 0 saturated carbocycles. The number of rotatable bonds is 4. The molecule has 0 amide bonds. The van der Waals surface area contributed by atoms with Crippen LogP contribution >= 0.6 is 11.8 Å². The lowest BCUT2D eigenvalue weighted by molar-refractivity contribution is -0.136. The van der Waals surface area contributed by atoms with E-state index in [-0.39, 0.29) is 0 Å². The lowest BCUT2D eigenvalue weighted by atomic mass is 10.5. The van der Waals surface area contributed by atoms with E-state index in [9.17, 15) is 4.79 Å². The molecule has 0 aliphatic rings. The van der Waals surface area contributed by atoms with Crippen molar-refractivity contribution in [3.05, 3.63) is 5.82 Å². The Morgan fingerprint density at radius 1 is 1.71 bits per heavy atom. The molecule has 0 aliphatic heterocycles. The molecule has 78 valence electrons. The fourth-order valence-electron chi connectivity index (χ4n) is 0.834. The van der Waals surface area contributed by atoms with E-state index in [0.717, 1.165) is 11.8 Å². The maximum absolute atomic E-state index is 10.6. The summed E-state index contributed by atoms with van der Waals surface area (Å²) in [6.45, 7) is 1.90. The first-order valence-electron chi connectivity index (χ1n) is 4.04. The maximum Gasteiger partial charge on any atom is 0.316 e. The van der Waals surface area contributed by atoms with E-state index in [1.807, 2.05) is 0 Å². The Morgan fingerprint density at radius 2 is 2.36 bits per heavy atom. The van der Waals surface area contributed by atoms with E-state index in [2.05, 4.69) is 10.2 Å². The Kier molecular flexibility index (Phi) is 3.48. The Labute approximate surface area is 85.5 Å². The monoisotopic (exact) mass is 216 g/mol. The highest BCUT2D eigenvalue weighted by Gasteiger charge is 2.16. The van der Waals surface area contributed by atoms with Crippen molar-refractivity contribution in [2.75, 3.05) is 0 Å². The van der Waals surface area contributed by atoms with Crippen molar-refractivity contribution in [1.29, 1.82) is 0 Å². The molecule has 0 spiro atoms. The number of hydrogen-bond acceptors (Lipinski definition) is 5. The maximum atomic E-state index is 10.6. The molecule has 0 fully saturated rings. The third-order valence-corrected chi connectivity index (χ3v) is 2.86. The van der Waals surface area contributed by atoms with Gasteiger partial charge in [-0.2, -0.15) is 0 Å². The van der Waals surface area contributed by atoms with E-state index in [1.165, 1.54) is 0 Å². The van der Waals surface area contributed by atoms with Crippen molar-refractivity contribution in [1.82, 2.24) is 14.8 Å². The zero-order chi connectivity index (χ0) is 10.7. The van der Waals surface area contributed by atoms with Crippen molar-refractivity contribution < 1.29 is 9.90 Å². The molecule has 0 aliphatic carbocycles. The average molecular weight is 216 g/mol. The van der Waals surface area contributed by atoms with E-state index in [1.54, 1.807) is 18.5 Å². The van der Waals surface area contributed by atoms with Gasteiger partial charge in [0.05, 0.1) is 6.54 Å². The number of nitrogens with two attached hydrogens (primary N) is 1. The molecular formula is C7H12N4O2S. The highest BCUT2D eigenvalue weighted by molar-refractivity contribution is 8.00. The largest absolute Gasteiger partial charge is 0.480 e. The summed E-state index contributed by atoms with van der Waals surface area (Å²) in [5, 5.41) is 16.4. The van der Waals surface area contributed by atoms with Gasteiger partial charge in [-0.15, -0.1) is 10.2 Å². The summed E-state index contributed by atoms with van der Waals surface area (Å²) in [5.41, 5.74) is 5.41. The quantitative estimate of drug-likeness (QED) is 0.679. The number of carboxylic acid groups (broad SMARTS) is 1. The second-order valence-electron chi connectivity index (χ2n) is 2.76. The SMILES string of the molecule is CC(Sc1nnc(CN)n1C)C(=O)O. The molecule has 0 bridgehead atoms. The number of nitrogens with zero attached hydrogens (tertiary/aromatic N) is 3. The minimum Gasteiger partial charge on any atom is -0.480 e. The zero-order valence-electron chi connectivity index (χ0n) is 7.97. The number of hydrogen-bond donors (Lipinski definition) is 2. The number of thioether (sulfide) groups is 1. The first-order valence-corrected chi connectivity index (χ1v) is 4.92. The van der Waals surface area contributed by atoms with E-state index in [4.69, 9.17) is 10.8 Å². The smallest absolute Gasteiger partial charge is 0.316 e. The lowest BCUT2D eigenvalue weighted by Gasteiger charge is -2.05. The highest BCUT2D eigenvalue weighted by atomic mass is 32.2. The minimum absolute atomic E-state index is 0.297. The van der Waals surface area contributed by atoms with E-state index in [0.29, 0.717) is 17.5 Å². The highest BCUT2D eigenvalue weighted by Crippen LogP contribution is 2.20. The van der Waals surface area contributed by atoms with Gasteiger partial charge in [-0.1, -0.05) is 11.8 Å². The first kappa shape index (κ1) is 11.0. The topological polar surface area (TPSA) is 94.0 Å². The van der Waals surface area contributed by atoms with Crippen molar-refractivity contribution in [3.63, 3.8) is 0 Å². The van der Waals surface area contributed by atoms with Crippen molar-refractivity contribution in [2.45, 2.75) is 23.9 Å². The van der Waals surface area contributed by atoms with Crippen LogP contribution in [0, 0.1) is 0 Å². The predicted octanol–water partition coefficient (Wildman–Crippen LogP) is -0.161. The molecule has 0 aromatic carbocycles. The van der Waals surface area contributed by atoms with Crippen molar-refractivity contribution >= 4 is 17.7 Å². The van der Waals surface area contributed by atoms with Crippen LogP contribution in [-0.2, 0) is 18.4 Å². The molecule has 0 radical (unpaired) electrons. The Balaban J connectivity index is 2.77. The van der Waals surface area contributed by atoms with Crippen LogP contribution in [0.3, 0.4) is 0 Å². The third-order valence-electron chi connectivity index (χ3n) is 1.74. The van der Waals surface area contributed by atoms with Gasteiger partial charge >= 0.3 is 5.97 Å². The van der Waals surface area contributed by atoms with Crippen LogP contribution in [0.2, 0.25) is 0 Å². The Bertz CT molecular complexity index is 338. The summed E-state index contributed by atoms with van der Waals surface area (Å²) >= 11 is 1.15. The standard InChI is InChI=1S/C7H12N4O2S/c1-4(6(12)13)14-7-10-9-5(3-8)11(7)2/h4H,3,8H2,1-2H3,(H,12,13). The average Bonchev–Trinajstić information content (AvgIpc) is 2.47. The number of aliphatic carboxylic acids is 1. The summed E-state index contributed by atoms with van der Waals surface area (Å²) in [7, 11) is 1.76. The zero-order valence-corrected chi connectivity index (χ0v) is 8.78. The van der Waals surface area contributed by atoms with E-state index < -0.39 is 11.2 Å². The third kappa shape index (κ3) is 2.24. The second-order valence-corrected chi connectivity index (χ2v) is 4.07. The molecule has 1 aromatic rings. The molecular weight excluding hydrogens is 204 g/mol.